The number of fused-ring (bicyclic) bond motifs is 3. The first-order valence-electron chi connectivity index (χ1n) is 13.9. The number of rotatable bonds is 0. The molecular formula is C34H52. The van der Waals surface area contributed by atoms with Crippen LogP contribution < -0.4 is 0 Å². The van der Waals surface area contributed by atoms with Crippen molar-refractivity contribution in [2.75, 3.05) is 0 Å². The van der Waals surface area contributed by atoms with Gasteiger partial charge >= 0.3 is 0 Å². The first kappa shape index (κ1) is 27.0. The summed E-state index contributed by atoms with van der Waals surface area (Å²) in [4.78, 5) is 0. The summed E-state index contributed by atoms with van der Waals surface area (Å²) in [5, 5.41) is 0. The van der Waals surface area contributed by atoms with Gasteiger partial charge in [-0.15, -0.1) is 0 Å². The Labute approximate surface area is 212 Å². The maximum atomic E-state index is 2.41. The van der Waals surface area contributed by atoms with Gasteiger partial charge in [-0.3, -0.25) is 0 Å². The summed E-state index contributed by atoms with van der Waals surface area (Å²) < 4.78 is 0. The molecule has 0 atom stereocenters. The van der Waals surface area contributed by atoms with Crippen molar-refractivity contribution in [3.63, 3.8) is 0 Å². The van der Waals surface area contributed by atoms with E-state index in [1.165, 1.54) is 73.6 Å². The highest BCUT2D eigenvalue weighted by Crippen LogP contribution is 2.49. The van der Waals surface area contributed by atoms with Gasteiger partial charge in [-0.05, 0) is 76.5 Å². The molecule has 3 aliphatic rings. The highest BCUT2D eigenvalue weighted by atomic mass is 14.4. The van der Waals surface area contributed by atoms with Gasteiger partial charge in [-0.25, -0.2) is 0 Å². The molecule has 0 spiro atoms. The topological polar surface area (TPSA) is 0 Å². The van der Waals surface area contributed by atoms with Crippen LogP contribution in [0.3, 0.4) is 0 Å². The Morgan fingerprint density at radius 2 is 0.971 bits per heavy atom. The fraction of sp³-hybridized carbons (Fsp3) is 0.647. The second-order valence-corrected chi connectivity index (χ2v) is 14.5. The van der Waals surface area contributed by atoms with Crippen LogP contribution in [-0.2, 0) is 5.41 Å². The summed E-state index contributed by atoms with van der Waals surface area (Å²) in [6, 6.07) is 17.4. The molecule has 2 fully saturated rings. The third-order valence-corrected chi connectivity index (χ3v) is 8.46. The molecule has 0 saturated heterocycles. The quantitative estimate of drug-likeness (QED) is 0.366. The molecule has 0 nitrogen and oxygen atoms in total. The summed E-state index contributed by atoms with van der Waals surface area (Å²) in [6.45, 7) is 21.4. The van der Waals surface area contributed by atoms with Crippen LogP contribution in [0, 0.1) is 22.2 Å². The molecule has 3 aliphatic carbocycles. The summed E-state index contributed by atoms with van der Waals surface area (Å²) in [7, 11) is 0. The SMILES string of the molecule is CC1(C)CCCCC1.CC1(C)c2ccccc2-c2ccccc21.CC1CC(C)(C)CC(C)(C)C1. The lowest BCUT2D eigenvalue weighted by atomic mass is 9.62. The summed E-state index contributed by atoms with van der Waals surface area (Å²) >= 11 is 0. The van der Waals surface area contributed by atoms with Crippen LogP contribution in [0.2, 0.25) is 0 Å². The first-order chi connectivity index (χ1) is 15.7. The average molecular weight is 461 g/mol. The summed E-state index contributed by atoms with van der Waals surface area (Å²) in [5.74, 6) is 0.925. The van der Waals surface area contributed by atoms with Gasteiger partial charge in [-0.2, -0.15) is 0 Å². The van der Waals surface area contributed by atoms with E-state index in [4.69, 9.17) is 0 Å². The lowest BCUT2D eigenvalue weighted by Gasteiger charge is -2.44. The van der Waals surface area contributed by atoms with Crippen molar-refractivity contribution in [1.82, 2.24) is 0 Å². The zero-order valence-corrected chi connectivity index (χ0v) is 23.9. The van der Waals surface area contributed by atoms with E-state index in [9.17, 15) is 0 Å². The minimum absolute atomic E-state index is 0.160. The van der Waals surface area contributed by atoms with Crippen LogP contribution in [0.1, 0.15) is 125 Å². The first-order valence-corrected chi connectivity index (χ1v) is 13.9. The van der Waals surface area contributed by atoms with Crippen molar-refractivity contribution in [3.05, 3.63) is 59.7 Å². The third-order valence-electron chi connectivity index (χ3n) is 8.46. The van der Waals surface area contributed by atoms with Crippen molar-refractivity contribution < 1.29 is 0 Å². The largest absolute Gasteiger partial charge is 0.0625 e. The number of hydrogen-bond acceptors (Lipinski definition) is 0. The van der Waals surface area contributed by atoms with Gasteiger partial charge in [0.1, 0.15) is 0 Å². The van der Waals surface area contributed by atoms with Crippen molar-refractivity contribution in [2.45, 2.75) is 119 Å². The van der Waals surface area contributed by atoms with Crippen LogP contribution >= 0.6 is 0 Å². The van der Waals surface area contributed by atoms with E-state index >= 15 is 0 Å². The Balaban J connectivity index is 0.000000151. The molecule has 0 heteroatoms. The lowest BCUT2D eigenvalue weighted by molar-refractivity contribution is 0.0754. The highest BCUT2D eigenvalue weighted by Gasteiger charge is 2.36. The summed E-state index contributed by atoms with van der Waals surface area (Å²) in [6.07, 6.45) is 11.5. The van der Waals surface area contributed by atoms with Crippen LogP contribution in [0.4, 0.5) is 0 Å². The van der Waals surface area contributed by atoms with Gasteiger partial charge in [0, 0.05) is 5.41 Å². The maximum absolute atomic E-state index is 2.41. The Kier molecular flexibility index (Phi) is 8.11. The summed E-state index contributed by atoms with van der Waals surface area (Å²) in [5.41, 5.74) is 7.71. The molecular weight excluding hydrogens is 408 g/mol. The van der Waals surface area contributed by atoms with Crippen molar-refractivity contribution in [2.24, 2.45) is 22.2 Å². The number of hydrogen-bond donors (Lipinski definition) is 0. The van der Waals surface area contributed by atoms with Crippen LogP contribution in [0.5, 0.6) is 0 Å². The maximum Gasteiger partial charge on any atom is 0.0158 e. The fourth-order valence-corrected chi connectivity index (χ4v) is 7.58. The molecule has 34 heavy (non-hydrogen) atoms. The van der Waals surface area contributed by atoms with Gasteiger partial charge < -0.3 is 0 Å². The minimum Gasteiger partial charge on any atom is -0.0625 e. The van der Waals surface area contributed by atoms with Crippen LogP contribution in [-0.4, -0.2) is 0 Å². The molecule has 2 saturated carbocycles. The Morgan fingerprint density at radius 1 is 0.559 bits per heavy atom. The molecule has 0 aliphatic heterocycles. The fourth-order valence-electron chi connectivity index (χ4n) is 7.58. The van der Waals surface area contributed by atoms with Crippen LogP contribution in [0.25, 0.3) is 11.1 Å². The molecule has 2 aromatic rings. The van der Waals surface area contributed by atoms with Gasteiger partial charge in [0.05, 0.1) is 0 Å². The van der Waals surface area contributed by atoms with E-state index in [0.29, 0.717) is 16.2 Å². The number of benzene rings is 2. The Morgan fingerprint density at radius 3 is 1.32 bits per heavy atom. The average Bonchev–Trinajstić information content (AvgIpc) is 2.94. The molecule has 0 unspecified atom stereocenters. The van der Waals surface area contributed by atoms with E-state index in [-0.39, 0.29) is 5.41 Å². The molecule has 2 aromatic carbocycles. The molecule has 0 bridgehead atoms. The second-order valence-electron chi connectivity index (χ2n) is 14.5. The molecule has 0 aromatic heterocycles. The molecule has 0 N–H and O–H groups in total. The third kappa shape index (κ3) is 6.77. The van der Waals surface area contributed by atoms with Crippen molar-refractivity contribution in [3.8, 4) is 11.1 Å². The molecule has 188 valence electrons. The Hall–Kier alpha value is -1.56. The predicted octanol–water partition coefficient (Wildman–Crippen LogP) is 10.8. The molecule has 5 rings (SSSR count). The van der Waals surface area contributed by atoms with E-state index in [2.05, 4.69) is 111 Å². The highest BCUT2D eigenvalue weighted by molar-refractivity contribution is 5.80. The second kappa shape index (κ2) is 10.2. The van der Waals surface area contributed by atoms with Gasteiger partial charge in [0.25, 0.3) is 0 Å². The van der Waals surface area contributed by atoms with Gasteiger partial charge in [0.2, 0.25) is 0 Å². The standard InChI is InChI=1S/C15H14.C11H22.C8H16/c1-15(2)13-9-5-3-7-11(13)12-8-4-6-10-14(12)15;1-9-6-10(2,3)8-11(4,5)7-9;1-8(2)6-4-3-5-7-8/h3-10H,1-2H3;9H,6-8H2,1-5H3;3-7H2,1-2H3. The van der Waals surface area contributed by atoms with E-state index in [1.54, 1.807) is 0 Å². The molecule has 0 radical (unpaired) electrons. The molecule has 0 heterocycles. The minimum atomic E-state index is 0.160. The Bertz CT molecular complexity index is 869. The van der Waals surface area contributed by atoms with Crippen molar-refractivity contribution in [1.29, 1.82) is 0 Å². The molecule has 0 amide bonds. The van der Waals surface area contributed by atoms with Gasteiger partial charge in [0.15, 0.2) is 0 Å². The smallest absolute Gasteiger partial charge is 0.0158 e. The monoisotopic (exact) mass is 460 g/mol. The zero-order chi connectivity index (χ0) is 25.2. The van der Waals surface area contributed by atoms with Crippen LogP contribution in [0.15, 0.2) is 48.5 Å². The lowest BCUT2D eigenvalue weighted by Crippen LogP contribution is -2.32. The van der Waals surface area contributed by atoms with E-state index in [1.807, 2.05) is 0 Å². The van der Waals surface area contributed by atoms with E-state index in [0.717, 1.165) is 5.92 Å². The zero-order valence-electron chi connectivity index (χ0n) is 23.9. The van der Waals surface area contributed by atoms with E-state index < -0.39 is 0 Å². The normalized spacial score (nSPS) is 23.3. The van der Waals surface area contributed by atoms with Crippen molar-refractivity contribution >= 4 is 0 Å². The predicted molar refractivity (Wildman–Crippen MR) is 151 cm³/mol. The van der Waals surface area contributed by atoms with Gasteiger partial charge in [-0.1, -0.05) is 130 Å².